The Bertz CT molecular complexity index is 485. The normalized spacial score (nSPS) is 10.4. The molecule has 5 nitrogen and oxygen atoms in total. The summed E-state index contributed by atoms with van der Waals surface area (Å²) in [6.07, 6.45) is 6.40. The maximum absolute atomic E-state index is 11.4. The minimum Gasteiger partial charge on any atom is -0.313 e. The number of H-pyrrole nitrogens is 1. The maximum Gasteiger partial charge on any atom is 0.258 e. The maximum atomic E-state index is 11.4. The fourth-order valence-corrected chi connectivity index (χ4v) is 1.23. The first-order chi connectivity index (χ1) is 6.81. The molecule has 2 heterocycles. The number of aromatic nitrogens is 4. The van der Waals surface area contributed by atoms with Gasteiger partial charge in [-0.3, -0.25) is 9.48 Å². The lowest BCUT2D eigenvalue weighted by Crippen LogP contribution is -2.07. The highest BCUT2D eigenvalue weighted by Crippen LogP contribution is 2.11. The topological polar surface area (TPSA) is 63.6 Å². The van der Waals surface area contributed by atoms with Crippen LogP contribution in [0.5, 0.6) is 0 Å². The Hall–Kier alpha value is -1.91. The molecule has 5 heteroatoms. The molecule has 72 valence electrons. The lowest BCUT2D eigenvalue weighted by molar-refractivity contribution is 0.660. The number of rotatable bonds is 2. The molecular formula is C9H10N4O. The third kappa shape index (κ3) is 1.44. The average molecular weight is 190 g/mol. The average Bonchev–Trinajstić information content (AvgIpc) is 2.67. The summed E-state index contributed by atoms with van der Waals surface area (Å²) < 4.78 is 1.77. The Labute approximate surface area is 80.4 Å². The zero-order valence-corrected chi connectivity index (χ0v) is 7.77. The van der Waals surface area contributed by atoms with E-state index in [-0.39, 0.29) is 5.56 Å². The van der Waals surface area contributed by atoms with Gasteiger partial charge >= 0.3 is 0 Å². The fraction of sp³-hybridized carbons (Fsp3) is 0.222. The van der Waals surface area contributed by atoms with Gasteiger partial charge in [-0.15, -0.1) is 0 Å². The van der Waals surface area contributed by atoms with Crippen LogP contribution in [0.4, 0.5) is 0 Å². The Balaban J connectivity index is 2.50. The van der Waals surface area contributed by atoms with E-state index in [1.54, 1.807) is 10.9 Å². The summed E-state index contributed by atoms with van der Waals surface area (Å²) in [4.78, 5) is 17.8. The van der Waals surface area contributed by atoms with Crippen molar-refractivity contribution in [1.82, 2.24) is 19.7 Å². The Morgan fingerprint density at radius 2 is 2.36 bits per heavy atom. The summed E-state index contributed by atoms with van der Waals surface area (Å²) in [6.45, 7) is 2.78. The van der Waals surface area contributed by atoms with Gasteiger partial charge in [0, 0.05) is 24.5 Å². The second-order valence-corrected chi connectivity index (χ2v) is 2.88. The predicted octanol–water partition coefficient (Wildman–Crippen LogP) is 0.653. The minimum atomic E-state index is -0.143. The molecule has 2 aromatic heterocycles. The van der Waals surface area contributed by atoms with E-state index in [4.69, 9.17) is 0 Å². The Morgan fingerprint density at radius 1 is 1.50 bits per heavy atom. The molecule has 0 aliphatic rings. The van der Waals surface area contributed by atoms with Crippen LogP contribution in [0, 0.1) is 0 Å². The van der Waals surface area contributed by atoms with Crippen LogP contribution in [0.2, 0.25) is 0 Å². The largest absolute Gasteiger partial charge is 0.313 e. The second-order valence-electron chi connectivity index (χ2n) is 2.88. The van der Waals surface area contributed by atoms with Crippen molar-refractivity contribution < 1.29 is 0 Å². The van der Waals surface area contributed by atoms with Crippen molar-refractivity contribution in [2.24, 2.45) is 0 Å². The molecule has 1 N–H and O–H groups in total. The zero-order valence-electron chi connectivity index (χ0n) is 7.77. The van der Waals surface area contributed by atoms with Crippen molar-refractivity contribution in [3.05, 3.63) is 35.3 Å². The van der Waals surface area contributed by atoms with Crippen LogP contribution in [0.1, 0.15) is 6.92 Å². The van der Waals surface area contributed by atoms with Gasteiger partial charge in [-0.25, -0.2) is 4.98 Å². The van der Waals surface area contributed by atoms with Crippen molar-refractivity contribution in [2.45, 2.75) is 13.5 Å². The van der Waals surface area contributed by atoms with Gasteiger partial charge in [-0.05, 0) is 6.92 Å². The van der Waals surface area contributed by atoms with Gasteiger partial charge in [0.1, 0.15) is 0 Å². The number of hydrogen-bond acceptors (Lipinski definition) is 3. The highest BCUT2D eigenvalue weighted by Gasteiger charge is 2.04. The SMILES string of the molecule is CCn1cc(-c2cnc[nH]c2=O)cn1. The molecule has 0 saturated carbocycles. The second kappa shape index (κ2) is 3.45. The lowest BCUT2D eigenvalue weighted by atomic mass is 10.2. The van der Waals surface area contributed by atoms with E-state index in [0.717, 1.165) is 12.1 Å². The highest BCUT2D eigenvalue weighted by molar-refractivity contribution is 5.58. The first kappa shape index (κ1) is 8.68. The van der Waals surface area contributed by atoms with E-state index in [2.05, 4.69) is 15.1 Å². The van der Waals surface area contributed by atoms with Crippen molar-refractivity contribution in [3.63, 3.8) is 0 Å². The quantitative estimate of drug-likeness (QED) is 0.756. The molecule has 0 aromatic carbocycles. The lowest BCUT2D eigenvalue weighted by Gasteiger charge is -1.93. The molecule has 0 atom stereocenters. The van der Waals surface area contributed by atoms with Crippen LogP contribution in [-0.4, -0.2) is 19.7 Å². The molecular weight excluding hydrogens is 180 g/mol. The molecule has 0 spiro atoms. The van der Waals surface area contributed by atoms with Crippen LogP contribution in [-0.2, 0) is 6.54 Å². The van der Waals surface area contributed by atoms with E-state index >= 15 is 0 Å². The molecule has 0 fully saturated rings. The smallest absolute Gasteiger partial charge is 0.258 e. The summed E-state index contributed by atoms with van der Waals surface area (Å²) in [5, 5.41) is 4.09. The van der Waals surface area contributed by atoms with Crippen LogP contribution in [0.15, 0.2) is 29.7 Å². The molecule has 0 bridgehead atoms. The van der Waals surface area contributed by atoms with Gasteiger partial charge in [-0.1, -0.05) is 0 Å². The first-order valence-corrected chi connectivity index (χ1v) is 4.36. The summed E-state index contributed by atoms with van der Waals surface area (Å²) in [6, 6.07) is 0. The van der Waals surface area contributed by atoms with Gasteiger partial charge in [0.15, 0.2) is 0 Å². The van der Waals surface area contributed by atoms with Crippen LogP contribution in [0.25, 0.3) is 11.1 Å². The van der Waals surface area contributed by atoms with E-state index in [0.29, 0.717) is 5.56 Å². The van der Waals surface area contributed by atoms with Crippen LogP contribution < -0.4 is 5.56 Å². The van der Waals surface area contributed by atoms with Crippen LogP contribution >= 0.6 is 0 Å². The molecule has 2 rings (SSSR count). The van der Waals surface area contributed by atoms with Gasteiger partial charge in [0.2, 0.25) is 0 Å². The Morgan fingerprint density at radius 3 is 3.00 bits per heavy atom. The van der Waals surface area contributed by atoms with Gasteiger partial charge in [0.25, 0.3) is 5.56 Å². The van der Waals surface area contributed by atoms with E-state index in [1.807, 2.05) is 13.1 Å². The highest BCUT2D eigenvalue weighted by atomic mass is 16.1. The fourth-order valence-electron chi connectivity index (χ4n) is 1.23. The van der Waals surface area contributed by atoms with E-state index < -0.39 is 0 Å². The van der Waals surface area contributed by atoms with E-state index in [9.17, 15) is 4.79 Å². The molecule has 14 heavy (non-hydrogen) atoms. The molecule has 0 unspecified atom stereocenters. The van der Waals surface area contributed by atoms with Gasteiger partial charge in [0.05, 0.1) is 18.1 Å². The molecule has 0 saturated heterocycles. The van der Waals surface area contributed by atoms with Gasteiger partial charge < -0.3 is 4.98 Å². The van der Waals surface area contributed by atoms with Crippen molar-refractivity contribution in [3.8, 4) is 11.1 Å². The molecule has 0 amide bonds. The van der Waals surface area contributed by atoms with E-state index in [1.165, 1.54) is 12.5 Å². The van der Waals surface area contributed by atoms with Crippen LogP contribution in [0.3, 0.4) is 0 Å². The van der Waals surface area contributed by atoms with Gasteiger partial charge in [-0.2, -0.15) is 5.10 Å². The number of aryl methyl sites for hydroxylation is 1. The minimum absolute atomic E-state index is 0.143. The molecule has 2 aromatic rings. The predicted molar refractivity (Wildman–Crippen MR) is 51.8 cm³/mol. The Kier molecular flexibility index (Phi) is 2.14. The number of aromatic amines is 1. The number of nitrogens with zero attached hydrogens (tertiary/aromatic N) is 3. The summed E-state index contributed by atoms with van der Waals surface area (Å²) >= 11 is 0. The standard InChI is InChI=1S/C9H10N4O/c1-2-13-5-7(3-12-13)8-4-10-6-11-9(8)14/h3-6H,2H2,1H3,(H,10,11,14). The van der Waals surface area contributed by atoms with Crippen molar-refractivity contribution in [1.29, 1.82) is 0 Å². The summed E-state index contributed by atoms with van der Waals surface area (Å²) in [7, 11) is 0. The van der Waals surface area contributed by atoms with Crippen molar-refractivity contribution in [2.75, 3.05) is 0 Å². The third-order valence-electron chi connectivity index (χ3n) is 1.99. The monoisotopic (exact) mass is 190 g/mol. The van der Waals surface area contributed by atoms with Crippen molar-refractivity contribution >= 4 is 0 Å². The number of nitrogens with one attached hydrogen (secondary N) is 1. The zero-order chi connectivity index (χ0) is 9.97. The molecule has 0 aliphatic heterocycles. The third-order valence-corrected chi connectivity index (χ3v) is 1.99. The molecule has 0 radical (unpaired) electrons. The summed E-state index contributed by atoms with van der Waals surface area (Å²) in [5.74, 6) is 0. The molecule has 0 aliphatic carbocycles. The summed E-state index contributed by atoms with van der Waals surface area (Å²) in [5.41, 5.74) is 1.20. The first-order valence-electron chi connectivity index (χ1n) is 4.36. The number of hydrogen-bond donors (Lipinski definition) is 1.